The van der Waals surface area contributed by atoms with Crippen LogP contribution in [0.5, 0.6) is 0 Å². The van der Waals surface area contributed by atoms with Gasteiger partial charge in [-0.2, -0.15) is 0 Å². The predicted molar refractivity (Wildman–Crippen MR) is 160 cm³/mol. The van der Waals surface area contributed by atoms with Crippen LogP contribution in [0.15, 0.2) is 84.9 Å². The normalized spacial score (nSPS) is 11.4. The highest BCUT2D eigenvalue weighted by Gasteiger charge is 2.26. The molecule has 0 fully saturated rings. The van der Waals surface area contributed by atoms with Gasteiger partial charge in [0.2, 0.25) is 5.66 Å². The van der Waals surface area contributed by atoms with Crippen molar-refractivity contribution in [2.45, 2.75) is 19.5 Å². The Morgan fingerprint density at radius 3 is 1.32 bits per heavy atom. The number of hydrogen-bond acceptors (Lipinski definition) is 3. The minimum atomic E-state index is -3.01. The van der Waals surface area contributed by atoms with E-state index in [1.54, 1.807) is 48.5 Å². The topological polar surface area (TPSA) is 54.4 Å². The zero-order valence-electron chi connectivity index (χ0n) is 20.1. The van der Waals surface area contributed by atoms with E-state index < -0.39 is 21.9 Å². The van der Waals surface area contributed by atoms with E-state index in [0.717, 1.165) is 22.3 Å². The molecule has 0 radical (unpaired) electrons. The molecular weight excluding hydrogens is 588 g/mol. The van der Waals surface area contributed by atoms with Gasteiger partial charge in [-0.3, -0.25) is 0 Å². The second kappa shape index (κ2) is 13.4. The van der Waals surface area contributed by atoms with E-state index in [1.807, 2.05) is 50.2 Å². The van der Waals surface area contributed by atoms with Gasteiger partial charge >= 0.3 is 8.46 Å². The average molecular weight is 613 g/mol. The maximum absolute atomic E-state index is 12.9. The van der Waals surface area contributed by atoms with E-state index in [4.69, 9.17) is 46.4 Å². The molecule has 0 amide bonds. The summed E-state index contributed by atoms with van der Waals surface area (Å²) in [5.41, 5.74) is 4.06. The standard InChI is InChI=1S/C15H13Cl2OP.C13H11Cl2O2P/c1-9-7-11(16)3-5-13(9)15(19-18)14-6-4-12(17)8-10(14)2;14-10-1-5-12(6-2-10)18(17,9-16)13-7-3-11(15)4-8-13/h3-8,15H,1-2H3;1-8,16H,9H2/p+1. The Hall–Kier alpha value is -1.67. The van der Waals surface area contributed by atoms with Crippen LogP contribution >= 0.6 is 62.0 Å². The molecule has 0 aliphatic carbocycles. The van der Waals surface area contributed by atoms with Gasteiger partial charge in [0.05, 0.1) is 0 Å². The summed E-state index contributed by atoms with van der Waals surface area (Å²) >= 11 is 23.5. The maximum atomic E-state index is 12.9. The monoisotopic (exact) mass is 611 g/mol. The third-order valence-corrected chi connectivity index (χ3v) is 10.4. The molecule has 4 aromatic rings. The first kappa shape index (κ1) is 29.9. The lowest BCUT2D eigenvalue weighted by atomic mass is 9.97. The van der Waals surface area contributed by atoms with Crippen molar-refractivity contribution in [3.05, 3.63) is 127 Å². The highest BCUT2D eigenvalue weighted by atomic mass is 35.5. The van der Waals surface area contributed by atoms with Gasteiger partial charge in [0, 0.05) is 41.8 Å². The minimum Gasteiger partial charge on any atom is -0.388 e. The first-order chi connectivity index (χ1) is 17.6. The van der Waals surface area contributed by atoms with Crippen molar-refractivity contribution in [1.29, 1.82) is 0 Å². The van der Waals surface area contributed by atoms with Crippen molar-refractivity contribution in [3.8, 4) is 0 Å². The fourth-order valence-electron chi connectivity index (χ4n) is 3.90. The number of aliphatic hydroxyl groups excluding tert-OH is 1. The van der Waals surface area contributed by atoms with Gasteiger partial charge in [-0.1, -0.05) is 63.1 Å². The van der Waals surface area contributed by atoms with Gasteiger partial charge in [-0.05, 0) is 97.8 Å². The van der Waals surface area contributed by atoms with Crippen LogP contribution in [0.3, 0.4) is 0 Å². The largest absolute Gasteiger partial charge is 0.388 e. The first-order valence-electron chi connectivity index (χ1n) is 11.2. The van der Waals surface area contributed by atoms with Crippen LogP contribution < -0.4 is 10.6 Å². The van der Waals surface area contributed by atoms with Crippen LogP contribution in [0.25, 0.3) is 0 Å². The molecule has 192 valence electrons. The third kappa shape index (κ3) is 7.47. The molecule has 1 N–H and O–H groups in total. The number of hydrogen-bond donors (Lipinski definition) is 1. The van der Waals surface area contributed by atoms with Crippen LogP contribution in [0.4, 0.5) is 0 Å². The fourth-order valence-corrected chi connectivity index (χ4v) is 7.39. The summed E-state index contributed by atoms with van der Waals surface area (Å²) < 4.78 is 24.5. The summed E-state index contributed by atoms with van der Waals surface area (Å²) in [6.45, 7) is 3.97. The molecule has 0 aliphatic heterocycles. The molecule has 0 spiro atoms. The van der Waals surface area contributed by atoms with E-state index in [2.05, 4.69) is 0 Å². The molecule has 9 heteroatoms. The SMILES string of the molecule is Cc1cc(Cl)ccc1C([PH+]=O)c1ccc(Cl)cc1C.O=P(CO)(c1ccc(Cl)cc1)c1ccc(Cl)cc1. The highest BCUT2D eigenvalue weighted by Crippen LogP contribution is 2.42. The lowest BCUT2D eigenvalue weighted by Crippen LogP contribution is -2.18. The zero-order valence-corrected chi connectivity index (χ0v) is 25.0. The third-order valence-electron chi connectivity index (χ3n) is 5.89. The number of aliphatic hydroxyl groups is 1. The average Bonchev–Trinajstić information content (AvgIpc) is 2.87. The van der Waals surface area contributed by atoms with Crippen molar-refractivity contribution in [2.24, 2.45) is 0 Å². The van der Waals surface area contributed by atoms with Gasteiger partial charge < -0.3 is 9.67 Å². The molecule has 0 heterocycles. The molecule has 37 heavy (non-hydrogen) atoms. The van der Waals surface area contributed by atoms with Crippen molar-refractivity contribution < 1.29 is 14.2 Å². The number of halogens is 4. The molecule has 0 aromatic heterocycles. The highest BCUT2D eigenvalue weighted by molar-refractivity contribution is 7.78. The van der Waals surface area contributed by atoms with Crippen LogP contribution in [0, 0.1) is 13.8 Å². The van der Waals surface area contributed by atoms with Crippen LogP contribution in [-0.2, 0) is 9.13 Å². The Morgan fingerprint density at radius 2 is 1.03 bits per heavy atom. The van der Waals surface area contributed by atoms with Crippen LogP contribution in [0.1, 0.15) is 27.9 Å². The van der Waals surface area contributed by atoms with Crippen molar-refractivity contribution in [3.63, 3.8) is 0 Å². The van der Waals surface area contributed by atoms with E-state index in [1.165, 1.54) is 0 Å². The molecule has 3 nitrogen and oxygen atoms in total. The van der Waals surface area contributed by atoms with E-state index >= 15 is 0 Å². The van der Waals surface area contributed by atoms with E-state index in [0.29, 0.717) is 30.7 Å². The summed E-state index contributed by atoms with van der Waals surface area (Å²) in [6, 6.07) is 24.7. The molecule has 4 rings (SSSR count). The van der Waals surface area contributed by atoms with Crippen molar-refractivity contribution in [1.82, 2.24) is 0 Å². The van der Waals surface area contributed by atoms with Gasteiger partial charge in [-0.25, -0.2) is 0 Å². The minimum absolute atomic E-state index is 0.130. The predicted octanol–water partition coefficient (Wildman–Crippen LogP) is 8.98. The molecule has 1 atom stereocenters. The Bertz CT molecular complexity index is 1320. The van der Waals surface area contributed by atoms with Gasteiger partial charge in [0.25, 0.3) is 0 Å². The molecule has 0 saturated carbocycles. The zero-order chi connectivity index (χ0) is 27.2. The number of benzene rings is 4. The summed E-state index contributed by atoms with van der Waals surface area (Å²) in [4.78, 5) is 0. The van der Waals surface area contributed by atoms with Crippen LogP contribution in [0.2, 0.25) is 20.1 Å². The molecule has 0 aliphatic rings. The maximum Gasteiger partial charge on any atom is 0.337 e. The lowest BCUT2D eigenvalue weighted by Gasteiger charge is -2.16. The number of aryl methyl sites for hydroxylation is 2. The second-order valence-electron chi connectivity index (χ2n) is 8.39. The molecule has 0 saturated heterocycles. The Kier molecular flexibility index (Phi) is 10.8. The fraction of sp³-hybridized carbons (Fsp3) is 0.143. The quantitative estimate of drug-likeness (QED) is 0.221. The molecule has 4 aromatic carbocycles. The Labute approximate surface area is 238 Å². The van der Waals surface area contributed by atoms with Crippen molar-refractivity contribution in [2.75, 3.05) is 6.35 Å². The molecular formula is C28H25Cl4O3P2+. The summed E-state index contributed by atoms with van der Waals surface area (Å²) in [6.07, 6.45) is -0.420. The van der Waals surface area contributed by atoms with Gasteiger partial charge in [-0.15, -0.1) is 0 Å². The lowest BCUT2D eigenvalue weighted by molar-refractivity contribution is 0.362. The Balaban J connectivity index is 0.000000206. The second-order valence-corrected chi connectivity index (χ2v) is 13.7. The summed E-state index contributed by atoms with van der Waals surface area (Å²) in [5.74, 6) is 0. The van der Waals surface area contributed by atoms with Crippen molar-refractivity contribution >= 4 is 72.6 Å². The van der Waals surface area contributed by atoms with Gasteiger partial charge in [0.15, 0.2) is 7.14 Å². The van der Waals surface area contributed by atoms with Gasteiger partial charge in [0.1, 0.15) is 6.35 Å². The molecule has 0 bridgehead atoms. The number of rotatable bonds is 6. The van der Waals surface area contributed by atoms with E-state index in [9.17, 15) is 14.2 Å². The summed E-state index contributed by atoms with van der Waals surface area (Å²) in [5, 5.41) is 13.2. The van der Waals surface area contributed by atoms with Crippen LogP contribution in [-0.4, -0.2) is 11.5 Å². The summed E-state index contributed by atoms with van der Waals surface area (Å²) in [7, 11) is -3.45. The Morgan fingerprint density at radius 1 is 0.676 bits per heavy atom. The van der Waals surface area contributed by atoms with E-state index in [-0.39, 0.29) is 5.66 Å². The molecule has 1 unspecified atom stereocenters. The first-order valence-corrected chi connectivity index (χ1v) is 15.6. The smallest absolute Gasteiger partial charge is 0.337 e.